The predicted molar refractivity (Wildman–Crippen MR) is 61.4 cm³/mol. The molecule has 3 aromatic rings. The molecule has 0 amide bonds. The highest BCUT2D eigenvalue weighted by atomic mass is 79.9. The normalized spacial score (nSPS) is 11.3. The van der Waals surface area contributed by atoms with E-state index in [0.29, 0.717) is 11.2 Å². The van der Waals surface area contributed by atoms with Gasteiger partial charge in [-0.05, 0) is 18.2 Å². The molecule has 0 N–H and O–H groups in total. The zero-order valence-corrected chi connectivity index (χ0v) is 9.21. The van der Waals surface area contributed by atoms with Gasteiger partial charge in [0.05, 0.1) is 0 Å². The Bertz CT molecular complexity index is 657. The van der Waals surface area contributed by atoms with Crippen molar-refractivity contribution in [2.75, 3.05) is 0 Å². The van der Waals surface area contributed by atoms with E-state index in [2.05, 4.69) is 15.9 Å². The second kappa shape index (κ2) is 3.07. The summed E-state index contributed by atoms with van der Waals surface area (Å²) >= 11 is 3.40. The lowest BCUT2D eigenvalue weighted by atomic mass is 10.1. The molecule has 3 rings (SSSR count). The number of furan rings is 1. The van der Waals surface area contributed by atoms with Gasteiger partial charge in [0.2, 0.25) is 0 Å². The van der Waals surface area contributed by atoms with Crippen LogP contribution < -0.4 is 0 Å². The molecule has 3 heteroatoms. The van der Waals surface area contributed by atoms with Crippen molar-refractivity contribution in [1.29, 1.82) is 0 Å². The average molecular weight is 265 g/mol. The minimum atomic E-state index is -0.329. The summed E-state index contributed by atoms with van der Waals surface area (Å²) in [5.41, 5.74) is 1.02. The van der Waals surface area contributed by atoms with Crippen LogP contribution in [0.15, 0.2) is 45.3 Å². The highest BCUT2D eigenvalue weighted by Gasteiger charge is 2.12. The molecule has 0 aliphatic carbocycles. The first-order valence-electron chi connectivity index (χ1n) is 4.52. The van der Waals surface area contributed by atoms with Crippen LogP contribution >= 0.6 is 15.9 Å². The minimum Gasteiger partial charge on any atom is -0.453 e. The van der Waals surface area contributed by atoms with Crippen molar-refractivity contribution < 1.29 is 8.81 Å². The van der Waals surface area contributed by atoms with E-state index in [1.54, 1.807) is 6.07 Å². The van der Waals surface area contributed by atoms with Crippen LogP contribution in [0.2, 0.25) is 0 Å². The lowest BCUT2D eigenvalue weighted by molar-refractivity contribution is 0.584. The van der Waals surface area contributed by atoms with E-state index in [1.165, 1.54) is 6.07 Å². The highest BCUT2D eigenvalue weighted by Crippen LogP contribution is 2.35. The Morgan fingerprint density at radius 2 is 1.87 bits per heavy atom. The lowest BCUT2D eigenvalue weighted by Gasteiger charge is -1.94. The highest BCUT2D eigenvalue weighted by molar-refractivity contribution is 9.10. The van der Waals surface area contributed by atoms with Gasteiger partial charge in [0.15, 0.2) is 11.4 Å². The monoisotopic (exact) mass is 264 g/mol. The third kappa shape index (κ3) is 1.20. The van der Waals surface area contributed by atoms with Crippen LogP contribution in [0.25, 0.3) is 21.9 Å². The molecule has 15 heavy (non-hydrogen) atoms. The molecule has 0 saturated heterocycles. The number of hydrogen-bond donors (Lipinski definition) is 0. The van der Waals surface area contributed by atoms with Crippen LogP contribution in [0.4, 0.5) is 4.39 Å². The summed E-state index contributed by atoms with van der Waals surface area (Å²) in [5.74, 6) is -0.329. The van der Waals surface area contributed by atoms with Crippen molar-refractivity contribution in [2.45, 2.75) is 0 Å². The summed E-state index contributed by atoms with van der Waals surface area (Å²) in [6, 6.07) is 10.6. The van der Waals surface area contributed by atoms with E-state index in [4.69, 9.17) is 4.42 Å². The van der Waals surface area contributed by atoms with E-state index in [0.717, 1.165) is 15.2 Å². The summed E-state index contributed by atoms with van der Waals surface area (Å²) in [4.78, 5) is 0. The maximum absolute atomic E-state index is 13.5. The molecule has 0 atom stereocenters. The summed E-state index contributed by atoms with van der Waals surface area (Å²) < 4.78 is 19.8. The van der Waals surface area contributed by atoms with Crippen molar-refractivity contribution in [1.82, 2.24) is 0 Å². The number of fused-ring (bicyclic) bond motifs is 3. The van der Waals surface area contributed by atoms with Crippen LogP contribution in [0, 0.1) is 5.82 Å². The molecular weight excluding hydrogens is 259 g/mol. The molecular formula is C12H6BrFO. The quantitative estimate of drug-likeness (QED) is 0.583. The average Bonchev–Trinajstić information content (AvgIpc) is 2.64. The van der Waals surface area contributed by atoms with Gasteiger partial charge in [0, 0.05) is 15.2 Å². The Kier molecular flexibility index (Phi) is 1.83. The van der Waals surface area contributed by atoms with Crippen molar-refractivity contribution in [2.24, 2.45) is 0 Å². The van der Waals surface area contributed by atoms with E-state index >= 15 is 0 Å². The van der Waals surface area contributed by atoms with Crippen molar-refractivity contribution in [3.05, 3.63) is 46.7 Å². The summed E-state index contributed by atoms with van der Waals surface area (Å²) in [5, 5.41) is 1.73. The van der Waals surface area contributed by atoms with Gasteiger partial charge in [0.1, 0.15) is 5.58 Å². The fraction of sp³-hybridized carbons (Fsp3) is 0. The van der Waals surface area contributed by atoms with Crippen molar-refractivity contribution >= 4 is 37.9 Å². The summed E-state index contributed by atoms with van der Waals surface area (Å²) in [6.07, 6.45) is 0. The number of benzene rings is 2. The van der Waals surface area contributed by atoms with Gasteiger partial charge in [-0.2, -0.15) is 0 Å². The first kappa shape index (κ1) is 8.92. The minimum absolute atomic E-state index is 0.311. The summed E-state index contributed by atoms with van der Waals surface area (Å²) in [7, 11) is 0. The van der Waals surface area contributed by atoms with E-state index in [-0.39, 0.29) is 5.82 Å². The summed E-state index contributed by atoms with van der Waals surface area (Å²) in [6.45, 7) is 0. The molecule has 0 spiro atoms. The van der Waals surface area contributed by atoms with Crippen molar-refractivity contribution in [3.8, 4) is 0 Å². The smallest absolute Gasteiger partial charge is 0.172 e. The molecule has 1 nitrogen and oxygen atoms in total. The van der Waals surface area contributed by atoms with Gasteiger partial charge in [0.25, 0.3) is 0 Å². The van der Waals surface area contributed by atoms with Crippen molar-refractivity contribution in [3.63, 3.8) is 0 Å². The first-order chi connectivity index (χ1) is 7.27. The van der Waals surface area contributed by atoms with Crippen LogP contribution in [-0.2, 0) is 0 Å². The van der Waals surface area contributed by atoms with Crippen LogP contribution in [0.3, 0.4) is 0 Å². The molecule has 0 unspecified atom stereocenters. The molecule has 0 radical (unpaired) electrons. The van der Waals surface area contributed by atoms with Gasteiger partial charge in [-0.15, -0.1) is 0 Å². The van der Waals surface area contributed by atoms with Gasteiger partial charge < -0.3 is 4.42 Å². The Balaban J connectivity index is 2.66. The molecule has 0 aliphatic heterocycles. The molecule has 0 aliphatic rings. The van der Waals surface area contributed by atoms with Gasteiger partial charge >= 0.3 is 0 Å². The molecule has 0 fully saturated rings. The van der Waals surface area contributed by atoms with Gasteiger partial charge in [-0.25, -0.2) is 4.39 Å². The fourth-order valence-electron chi connectivity index (χ4n) is 1.76. The molecule has 1 heterocycles. The zero-order valence-electron chi connectivity index (χ0n) is 7.63. The predicted octanol–water partition coefficient (Wildman–Crippen LogP) is 4.49. The first-order valence-corrected chi connectivity index (χ1v) is 5.32. The SMILES string of the molecule is Fc1ccc(Br)c2c1oc1ccccc12. The number of halogens is 2. The molecule has 0 saturated carbocycles. The van der Waals surface area contributed by atoms with E-state index in [1.807, 2.05) is 24.3 Å². The molecule has 0 bridgehead atoms. The van der Waals surface area contributed by atoms with Crippen LogP contribution in [0.5, 0.6) is 0 Å². The number of rotatable bonds is 0. The van der Waals surface area contributed by atoms with Gasteiger partial charge in [-0.1, -0.05) is 34.1 Å². The maximum atomic E-state index is 13.5. The second-order valence-electron chi connectivity index (χ2n) is 3.33. The second-order valence-corrected chi connectivity index (χ2v) is 4.19. The third-order valence-electron chi connectivity index (χ3n) is 2.43. The number of hydrogen-bond acceptors (Lipinski definition) is 1. The Hall–Kier alpha value is -1.35. The lowest BCUT2D eigenvalue weighted by Crippen LogP contribution is -1.75. The standard InChI is InChI=1S/C12H6BrFO/c13-8-5-6-9(14)12-11(8)7-3-1-2-4-10(7)15-12/h1-6H. The third-order valence-corrected chi connectivity index (χ3v) is 3.09. The Morgan fingerprint density at radius 3 is 2.73 bits per heavy atom. The van der Waals surface area contributed by atoms with Crippen LogP contribution in [0.1, 0.15) is 0 Å². The zero-order chi connectivity index (χ0) is 10.4. The largest absolute Gasteiger partial charge is 0.453 e. The number of para-hydroxylation sites is 1. The molecule has 2 aromatic carbocycles. The molecule has 1 aromatic heterocycles. The maximum Gasteiger partial charge on any atom is 0.172 e. The van der Waals surface area contributed by atoms with E-state index in [9.17, 15) is 4.39 Å². The topological polar surface area (TPSA) is 13.1 Å². The van der Waals surface area contributed by atoms with Crippen LogP contribution in [-0.4, -0.2) is 0 Å². The fourth-order valence-corrected chi connectivity index (χ4v) is 2.28. The molecule has 74 valence electrons. The van der Waals surface area contributed by atoms with Gasteiger partial charge in [-0.3, -0.25) is 0 Å². The Labute approximate surface area is 93.6 Å². The van der Waals surface area contributed by atoms with E-state index < -0.39 is 0 Å². The Morgan fingerprint density at radius 1 is 1.07 bits per heavy atom.